The number of benzene rings is 3. The Morgan fingerprint density at radius 3 is 2.45 bits per heavy atom. The van der Waals surface area contributed by atoms with Gasteiger partial charge in [-0.15, -0.1) is 0 Å². The molecule has 0 saturated carbocycles. The van der Waals surface area contributed by atoms with E-state index in [0.717, 1.165) is 29.7 Å². The second-order valence-electron chi connectivity index (χ2n) is 9.52. The van der Waals surface area contributed by atoms with Crippen LogP contribution in [0.2, 0.25) is 0 Å². The van der Waals surface area contributed by atoms with Crippen molar-refractivity contribution in [2.45, 2.75) is 51.2 Å². The van der Waals surface area contributed by atoms with Gasteiger partial charge in [-0.1, -0.05) is 67.1 Å². The summed E-state index contributed by atoms with van der Waals surface area (Å²) in [6.45, 7) is 1.05. The number of anilines is 1. The minimum absolute atomic E-state index is 0.109. The molecule has 0 spiro atoms. The summed E-state index contributed by atoms with van der Waals surface area (Å²) in [5, 5.41) is 0. The van der Waals surface area contributed by atoms with Crippen LogP contribution in [-0.2, 0) is 36.9 Å². The van der Waals surface area contributed by atoms with Crippen molar-refractivity contribution in [2.75, 3.05) is 25.2 Å². The number of unbranched alkanes of at least 4 members (excludes halogenated alkanes) is 2. The fourth-order valence-electron chi connectivity index (χ4n) is 4.51. The molecule has 0 aliphatic carbocycles. The predicted octanol–water partition coefficient (Wildman–Crippen LogP) is 5.27. The molecule has 0 bridgehead atoms. The largest absolute Gasteiger partial charge is 0.493 e. The van der Waals surface area contributed by atoms with Crippen LogP contribution in [-0.4, -0.2) is 44.2 Å². The van der Waals surface area contributed by atoms with Crippen LogP contribution in [0.25, 0.3) is 0 Å². The van der Waals surface area contributed by atoms with Crippen molar-refractivity contribution >= 4 is 23.5 Å². The number of amides is 1. The molecule has 0 aromatic heterocycles. The lowest BCUT2D eigenvalue weighted by atomic mass is 10.1. The molecule has 0 fully saturated rings. The topological polar surface area (TPSA) is 91.4 Å². The van der Waals surface area contributed by atoms with Crippen LogP contribution in [0.4, 0.5) is 5.69 Å². The molecule has 0 N–H and O–H groups in total. The number of methoxy groups -OCH3 is 1. The van der Waals surface area contributed by atoms with Crippen molar-refractivity contribution in [3.63, 3.8) is 0 Å². The number of nitrogens with zero attached hydrogens (tertiary/aromatic N) is 1. The number of carbonyl (C=O) groups excluding carboxylic acids is 3. The lowest BCUT2D eigenvalue weighted by molar-refractivity contribution is -0.145. The van der Waals surface area contributed by atoms with E-state index in [2.05, 4.69) is 0 Å². The summed E-state index contributed by atoms with van der Waals surface area (Å²) in [5.74, 6) is 0.550. The van der Waals surface area contributed by atoms with Crippen molar-refractivity contribution < 1.29 is 33.3 Å². The van der Waals surface area contributed by atoms with Crippen molar-refractivity contribution in [3.8, 4) is 11.5 Å². The molecule has 1 heterocycles. The Morgan fingerprint density at radius 1 is 0.875 bits per heavy atom. The maximum absolute atomic E-state index is 13.4. The van der Waals surface area contributed by atoms with E-state index in [1.54, 1.807) is 11.0 Å². The zero-order valence-electron chi connectivity index (χ0n) is 22.8. The number of fused-ring (bicyclic) bond motifs is 1. The van der Waals surface area contributed by atoms with Crippen molar-refractivity contribution in [1.82, 2.24) is 0 Å². The SMILES string of the molecule is COC(=O)Cc1ccccc1OCCC1Oc2ccccc2N(CCCCCC(=O)OCc2ccccc2)C1=O. The van der Waals surface area contributed by atoms with Gasteiger partial charge in [0, 0.05) is 24.9 Å². The zero-order valence-corrected chi connectivity index (χ0v) is 22.8. The number of esters is 2. The van der Waals surface area contributed by atoms with Gasteiger partial charge in [0.15, 0.2) is 6.10 Å². The first-order valence-corrected chi connectivity index (χ1v) is 13.6. The molecule has 1 aliphatic heterocycles. The Hall–Kier alpha value is -4.33. The van der Waals surface area contributed by atoms with E-state index in [1.165, 1.54) is 7.11 Å². The maximum atomic E-state index is 13.4. The quantitative estimate of drug-likeness (QED) is 0.201. The number of hydrogen-bond acceptors (Lipinski definition) is 7. The maximum Gasteiger partial charge on any atom is 0.310 e. The van der Waals surface area contributed by atoms with Gasteiger partial charge in [0.05, 0.1) is 25.8 Å². The van der Waals surface area contributed by atoms with Gasteiger partial charge < -0.3 is 23.8 Å². The molecule has 3 aromatic carbocycles. The molecule has 210 valence electrons. The van der Waals surface area contributed by atoms with Crippen LogP contribution >= 0.6 is 0 Å². The molecular weight excluding hydrogens is 510 g/mol. The molecule has 0 saturated heterocycles. The lowest BCUT2D eigenvalue weighted by Crippen LogP contribution is -2.47. The monoisotopic (exact) mass is 545 g/mol. The van der Waals surface area contributed by atoms with Gasteiger partial charge in [0.1, 0.15) is 18.1 Å². The average molecular weight is 546 g/mol. The van der Waals surface area contributed by atoms with Gasteiger partial charge in [0.25, 0.3) is 5.91 Å². The molecule has 4 rings (SSSR count). The highest BCUT2D eigenvalue weighted by molar-refractivity contribution is 6.00. The second-order valence-corrected chi connectivity index (χ2v) is 9.52. The number of rotatable bonds is 14. The van der Waals surface area contributed by atoms with E-state index in [4.69, 9.17) is 18.9 Å². The molecule has 1 unspecified atom stereocenters. The highest BCUT2D eigenvalue weighted by Gasteiger charge is 2.33. The zero-order chi connectivity index (χ0) is 28.2. The molecule has 3 aromatic rings. The highest BCUT2D eigenvalue weighted by atomic mass is 16.5. The van der Waals surface area contributed by atoms with Crippen LogP contribution in [0.3, 0.4) is 0 Å². The normalized spacial score (nSPS) is 14.2. The summed E-state index contributed by atoms with van der Waals surface area (Å²) >= 11 is 0. The van der Waals surface area contributed by atoms with E-state index >= 15 is 0 Å². The minimum Gasteiger partial charge on any atom is -0.493 e. The lowest BCUT2D eigenvalue weighted by Gasteiger charge is -2.34. The van der Waals surface area contributed by atoms with E-state index in [0.29, 0.717) is 37.3 Å². The van der Waals surface area contributed by atoms with Gasteiger partial charge >= 0.3 is 11.9 Å². The molecule has 1 atom stereocenters. The second kappa shape index (κ2) is 14.7. The summed E-state index contributed by atoms with van der Waals surface area (Å²) in [6.07, 6.45) is 2.35. The van der Waals surface area contributed by atoms with Crippen LogP contribution in [0.5, 0.6) is 11.5 Å². The highest BCUT2D eigenvalue weighted by Crippen LogP contribution is 2.35. The average Bonchev–Trinajstić information content (AvgIpc) is 2.98. The Labute approximate surface area is 234 Å². The Bertz CT molecular complexity index is 1280. The molecule has 1 aliphatic rings. The summed E-state index contributed by atoms with van der Waals surface area (Å²) in [7, 11) is 1.35. The Balaban J connectivity index is 1.25. The number of para-hydroxylation sites is 3. The number of ether oxygens (including phenoxy) is 4. The van der Waals surface area contributed by atoms with E-state index < -0.39 is 6.10 Å². The third kappa shape index (κ3) is 8.09. The van der Waals surface area contributed by atoms with Crippen LogP contribution in [0, 0.1) is 0 Å². The van der Waals surface area contributed by atoms with E-state index in [-0.39, 0.29) is 37.5 Å². The summed E-state index contributed by atoms with van der Waals surface area (Å²) in [5.41, 5.74) is 2.43. The molecular formula is C32H35NO7. The third-order valence-electron chi connectivity index (χ3n) is 6.64. The summed E-state index contributed by atoms with van der Waals surface area (Å²) < 4.78 is 22.1. The Morgan fingerprint density at radius 2 is 1.62 bits per heavy atom. The fourth-order valence-corrected chi connectivity index (χ4v) is 4.51. The molecule has 40 heavy (non-hydrogen) atoms. The summed E-state index contributed by atoms with van der Waals surface area (Å²) in [4.78, 5) is 39.0. The van der Waals surface area contributed by atoms with Crippen molar-refractivity contribution in [3.05, 3.63) is 90.0 Å². The molecule has 8 nitrogen and oxygen atoms in total. The first kappa shape index (κ1) is 28.7. The van der Waals surface area contributed by atoms with Crippen molar-refractivity contribution in [2.24, 2.45) is 0 Å². The van der Waals surface area contributed by atoms with Gasteiger partial charge in [-0.25, -0.2) is 0 Å². The molecule has 0 radical (unpaired) electrons. The van der Waals surface area contributed by atoms with Crippen LogP contribution in [0.15, 0.2) is 78.9 Å². The van der Waals surface area contributed by atoms with Gasteiger partial charge in [-0.05, 0) is 36.6 Å². The fraction of sp³-hybridized carbons (Fsp3) is 0.344. The summed E-state index contributed by atoms with van der Waals surface area (Å²) in [6, 6.07) is 24.4. The van der Waals surface area contributed by atoms with Crippen LogP contribution in [0.1, 0.15) is 43.2 Å². The van der Waals surface area contributed by atoms with Gasteiger partial charge in [-0.2, -0.15) is 0 Å². The smallest absolute Gasteiger partial charge is 0.310 e. The standard InChI is InChI=1S/C32H35NO7/c1-37-31(35)22-25-14-7-9-16-27(25)38-21-19-29-32(36)33(26-15-8-10-17-28(26)40-29)20-11-3-6-18-30(34)39-23-24-12-4-2-5-13-24/h2,4-5,7-10,12-17,29H,3,6,11,18-23H2,1H3. The first-order chi connectivity index (χ1) is 19.5. The Kier molecular flexibility index (Phi) is 10.6. The minimum atomic E-state index is -0.685. The van der Waals surface area contributed by atoms with Gasteiger partial charge in [-0.3, -0.25) is 14.4 Å². The third-order valence-corrected chi connectivity index (χ3v) is 6.64. The van der Waals surface area contributed by atoms with Gasteiger partial charge in [0.2, 0.25) is 0 Å². The van der Waals surface area contributed by atoms with E-state index in [1.807, 2.05) is 72.8 Å². The number of carbonyl (C=O) groups is 3. The van der Waals surface area contributed by atoms with Crippen LogP contribution < -0.4 is 14.4 Å². The number of hydrogen-bond donors (Lipinski definition) is 0. The predicted molar refractivity (Wildman–Crippen MR) is 150 cm³/mol. The first-order valence-electron chi connectivity index (χ1n) is 13.6. The van der Waals surface area contributed by atoms with Crippen molar-refractivity contribution in [1.29, 1.82) is 0 Å². The van der Waals surface area contributed by atoms with E-state index in [9.17, 15) is 14.4 Å². The molecule has 8 heteroatoms. The molecule has 1 amide bonds.